The lowest BCUT2D eigenvalue weighted by Gasteiger charge is -2.13. The van der Waals surface area contributed by atoms with Crippen LogP contribution in [0.1, 0.15) is 38.1 Å². The topological polar surface area (TPSA) is 68.5 Å². The monoisotopic (exact) mass is 372 g/mol. The summed E-state index contributed by atoms with van der Waals surface area (Å²) in [6.07, 6.45) is 8.32. The predicted octanol–water partition coefficient (Wildman–Crippen LogP) is 4.85. The zero-order chi connectivity index (χ0) is 19.7. The summed E-state index contributed by atoms with van der Waals surface area (Å²) in [4.78, 5) is 17.8. The van der Waals surface area contributed by atoms with Gasteiger partial charge < -0.3 is 9.88 Å². The molecule has 0 amide bonds. The van der Waals surface area contributed by atoms with Gasteiger partial charge in [-0.2, -0.15) is 0 Å². The van der Waals surface area contributed by atoms with Crippen molar-refractivity contribution in [2.24, 2.45) is 7.05 Å². The molecule has 0 aliphatic rings. The smallest absolute Gasteiger partial charge is 0.132 e. The molecule has 1 aromatic carbocycles. The highest BCUT2D eigenvalue weighted by Crippen LogP contribution is 2.28. The molecule has 28 heavy (non-hydrogen) atoms. The number of hydrogen-bond acceptors (Lipinski definition) is 5. The van der Waals surface area contributed by atoms with Crippen molar-refractivity contribution in [3.8, 4) is 11.1 Å². The van der Waals surface area contributed by atoms with E-state index in [1.165, 1.54) is 5.56 Å². The molecule has 3 heterocycles. The summed E-state index contributed by atoms with van der Waals surface area (Å²) in [6.45, 7) is 6.35. The molecular formula is C22H24N6. The van der Waals surface area contributed by atoms with Gasteiger partial charge in [-0.3, -0.25) is 0 Å². The summed E-state index contributed by atoms with van der Waals surface area (Å²) in [5, 5.41) is 3.45. The van der Waals surface area contributed by atoms with Crippen molar-refractivity contribution in [2.75, 3.05) is 5.32 Å². The van der Waals surface area contributed by atoms with E-state index in [0.29, 0.717) is 5.92 Å². The minimum Gasteiger partial charge on any atom is -0.340 e. The predicted molar refractivity (Wildman–Crippen MR) is 113 cm³/mol. The Balaban J connectivity index is 1.63. The number of nitrogens with zero attached hydrogens (tertiary/aromatic N) is 5. The van der Waals surface area contributed by atoms with Crippen LogP contribution in [0.3, 0.4) is 0 Å². The molecule has 0 bridgehead atoms. The van der Waals surface area contributed by atoms with Gasteiger partial charge >= 0.3 is 0 Å². The summed E-state index contributed by atoms with van der Waals surface area (Å²) in [5.41, 5.74) is 6.36. The van der Waals surface area contributed by atoms with Crippen molar-refractivity contribution in [1.82, 2.24) is 24.5 Å². The Morgan fingerprint density at radius 1 is 0.964 bits per heavy atom. The van der Waals surface area contributed by atoms with Crippen molar-refractivity contribution in [1.29, 1.82) is 0 Å². The Bertz CT molecular complexity index is 1110. The number of aryl methyl sites for hydroxylation is 2. The fraction of sp³-hybridized carbons (Fsp3) is 0.273. The van der Waals surface area contributed by atoms with Crippen LogP contribution in [0, 0.1) is 0 Å². The van der Waals surface area contributed by atoms with E-state index < -0.39 is 0 Å². The lowest BCUT2D eigenvalue weighted by atomic mass is 10.0. The van der Waals surface area contributed by atoms with E-state index >= 15 is 0 Å². The number of nitrogens with one attached hydrogen (secondary N) is 1. The van der Waals surface area contributed by atoms with Crippen LogP contribution in [0.2, 0.25) is 0 Å². The maximum atomic E-state index is 4.49. The van der Waals surface area contributed by atoms with Gasteiger partial charge in [-0.1, -0.05) is 26.8 Å². The first-order valence-electron chi connectivity index (χ1n) is 9.54. The summed E-state index contributed by atoms with van der Waals surface area (Å²) >= 11 is 0. The third-order valence-electron chi connectivity index (χ3n) is 4.88. The van der Waals surface area contributed by atoms with Crippen molar-refractivity contribution >= 4 is 22.5 Å². The zero-order valence-corrected chi connectivity index (χ0v) is 16.6. The summed E-state index contributed by atoms with van der Waals surface area (Å²) in [7, 11) is 1.98. The van der Waals surface area contributed by atoms with Crippen LogP contribution in [-0.2, 0) is 13.5 Å². The van der Waals surface area contributed by atoms with Gasteiger partial charge in [0.2, 0.25) is 0 Å². The third-order valence-corrected chi connectivity index (χ3v) is 4.88. The molecular weight excluding hydrogens is 348 g/mol. The molecule has 142 valence electrons. The van der Waals surface area contributed by atoms with Crippen LogP contribution < -0.4 is 5.32 Å². The first-order chi connectivity index (χ1) is 13.5. The van der Waals surface area contributed by atoms with Crippen molar-refractivity contribution in [2.45, 2.75) is 33.1 Å². The van der Waals surface area contributed by atoms with E-state index in [1.54, 1.807) is 12.5 Å². The van der Waals surface area contributed by atoms with Gasteiger partial charge in [-0.05, 0) is 29.7 Å². The molecule has 6 heteroatoms. The maximum absolute atomic E-state index is 4.49. The molecule has 1 N–H and O–H groups in total. The number of fused-ring (bicyclic) bond motifs is 1. The molecule has 0 saturated heterocycles. The van der Waals surface area contributed by atoms with E-state index in [-0.39, 0.29) is 0 Å². The second-order valence-corrected chi connectivity index (χ2v) is 7.25. The number of hydrogen-bond donors (Lipinski definition) is 1. The van der Waals surface area contributed by atoms with Crippen LogP contribution >= 0.6 is 0 Å². The lowest BCUT2D eigenvalue weighted by Crippen LogP contribution is -1.99. The van der Waals surface area contributed by atoms with Gasteiger partial charge in [0.1, 0.15) is 17.2 Å². The number of imidazole rings is 1. The summed E-state index contributed by atoms with van der Waals surface area (Å²) in [6, 6.07) is 8.41. The van der Waals surface area contributed by atoms with Crippen LogP contribution in [-0.4, -0.2) is 24.5 Å². The van der Waals surface area contributed by atoms with Gasteiger partial charge in [0.25, 0.3) is 0 Å². The van der Waals surface area contributed by atoms with Gasteiger partial charge in [0, 0.05) is 42.7 Å². The van der Waals surface area contributed by atoms with Crippen molar-refractivity contribution in [3.63, 3.8) is 0 Å². The van der Waals surface area contributed by atoms with Crippen LogP contribution in [0.25, 0.3) is 22.2 Å². The first-order valence-corrected chi connectivity index (χ1v) is 9.54. The average Bonchev–Trinajstić information content (AvgIpc) is 3.09. The normalized spacial score (nSPS) is 11.3. The number of benzene rings is 1. The van der Waals surface area contributed by atoms with E-state index in [0.717, 1.165) is 45.9 Å². The second-order valence-electron chi connectivity index (χ2n) is 7.25. The van der Waals surface area contributed by atoms with Crippen LogP contribution in [0.5, 0.6) is 0 Å². The van der Waals surface area contributed by atoms with Crippen LogP contribution in [0.15, 0.2) is 49.2 Å². The molecule has 3 aromatic heterocycles. The molecule has 0 aliphatic heterocycles. The van der Waals surface area contributed by atoms with Gasteiger partial charge in [-0.15, -0.1) is 0 Å². The molecule has 0 aliphatic carbocycles. The zero-order valence-electron chi connectivity index (χ0n) is 16.6. The van der Waals surface area contributed by atoms with Gasteiger partial charge in [0.05, 0.1) is 18.0 Å². The number of rotatable bonds is 5. The largest absolute Gasteiger partial charge is 0.340 e. The standard InChI is InChI=1S/C22H24N6/c1-5-15-8-16(17-10-24-22(14(2)3)25-11-17)6-7-18(15)27-21-9-20-19(12-23-21)26-13-28(20)4/h6-14H,5H2,1-4H3,(H,23,27). The molecule has 0 spiro atoms. The molecule has 0 fully saturated rings. The molecule has 0 atom stereocenters. The highest BCUT2D eigenvalue weighted by atomic mass is 15.0. The highest BCUT2D eigenvalue weighted by molar-refractivity contribution is 5.79. The van der Waals surface area contributed by atoms with E-state index in [9.17, 15) is 0 Å². The molecule has 4 rings (SSSR count). The van der Waals surface area contributed by atoms with E-state index in [1.807, 2.05) is 30.1 Å². The number of pyridine rings is 1. The highest BCUT2D eigenvalue weighted by Gasteiger charge is 2.09. The minimum absolute atomic E-state index is 0.330. The lowest BCUT2D eigenvalue weighted by molar-refractivity contribution is 0.775. The quantitative estimate of drug-likeness (QED) is 0.542. The molecule has 0 saturated carbocycles. The Kier molecular flexibility index (Phi) is 4.77. The third kappa shape index (κ3) is 3.45. The summed E-state index contributed by atoms with van der Waals surface area (Å²) < 4.78 is 1.99. The SMILES string of the molecule is CCc1cc(-c2cnc(C(C)C)nc2)ccc1Nc1cc2c(cn1)ncn2C. The first kappa shape index (κ1) is 18.1. The Labute approximate surface area is 164 Å². The Morgan fingerprint density at radius 3 is 2.46 bits per heavy atom. The fourth-order valence-electron chi connectivity index (χ4n) is 3.21. The fourth-order valence-corrected chi connectivity index (χ4v) is 3.21. The molecule has 6 nitrogen and oxygen atoms in total. The Morgan fingerprint density at radius 2 is 1.75 bits per heavy atom. The minimum atomic E-state index is 0.330. The number of anilines is 2. The maximum Gasteiger partial charge on any atom is 0.132 e. The van der Waals surface area contributed by atoms with Gasteiger partial charge in [0.15, 0.2) is 0 Å². The second kappa shape index (κ2) is 7.38. The molecule has 0 radical (unpaired) electrons. The Hall–Kier alpha value is -3.28. The number of aromatic nitrogens is 5. The van der Waals surface area contributed by atoms with Crippen molar-refractivity contribution < 1.29 is 0 Å². The van der Waals surface area contributed by atoms with E-state index in [4.69, 9.17) is 0 Å². The summed E-state index contributed by atoms with van der Waals surface area (Å²) in [5.74, 6) is 2.01. The van der Waals surface area contributed by atoms with E-state index in [2.05, 4.69) is 64.2 Å². The van der Waals surface area contributed by atoms with Crippen molar-refractivity contribution in [3.05, 3.63) is 60.6 Å². The average molecular weight is 372 g/mol. The molecule has 0 unspecified atom stereocenters. The molecule has 4 aromatic rings. The van der Waals surface area contributed by atoms with Crippen LogP contribution in [0.4, 0.5) is 11.5 Å². The van der Waals surface area contributed by atoms with Gasteiger partial charge in [-0.25, -0.2) is 19.9 Å².